The molecule has 1 aliphatic heterocycles. The van der Waals surface area contributed by atoms with Crippen molar-refractivity contribution in [2.45, 2.75) is 30.0 Å². The standard InChI is InChI=1S/C20H26N2O5S2/c1-14(15-8-9-17(26-2)18(12-15)27-3)21-20(23)16-6-4-10-22(13-16)29(24,25)19-7-5-11-28-19/h5,7-9,11-12,14,16H,4,6,10,13H2,1-3H3,(H,21,23)/t14-,16+/m1/s1. The molecule has 7 nitrogen and oxygen atoms in total. The summed E-state index contributed by atoms with van der Waals surface area (Å²) in [6, 6.07) is 8.58. The number of nitrogens with zero attached hydrogens (tertiary/aromatic N) is 1. The van der Waals surface area contributed by atoms with Crippen LogP contribution in [0.25, 0.3) is 0 Å². The highest BCUT2D eigenvalue weighted by atomic mass is 32.2. The number of rotatable bonds is 7. The fourth-order valence-electron chi connectivity index (χ4n) is 3.45. The molecule has 1 amide bonds. The summed E-state index contributed by atoms with van der Waals surface area (Å²) in [4.78, 5) is 12.8. The molecule has 0 bridgehead atoms. The third-order valence-electron chi connectivity index (χ3n) is 5.11. The van der Waals surface area contributed by atoms with Gasteiger partial charge in [0.25, 0.3) is 10.0 Å². The number of methoxy groups -OCH3 is 2. The van der Waals surface area contributed by atoms with Crippen LogP contribution in [0.5, 0.6) is 11.5 Å². The molecule has 0 radical (unpaired) electrons. The molecule has 2 heterocycles. The summed E-state index contributed by atoms with van der Waals surface area (Å²) in [5.74, 6) is 0.702. The molecule has 29 heavy (non-hydrogen) atoms. The van der Waals surface area contributed by atoms with Crippen molar-refractivity contribution < 1.29 is 22.7 Å². The summed E-state index contributed by atoms with van der Waals surface area (Å²) in [6.07, 6.45) is 1.33. The lowest BCUT2D eigenvalue weighted by molar-refractivity contribution is -0.126. The van der Waals surface area contributed by atoms with Crippen molar-refractivity contribution in [2.24, 2.45) is 5.92 Å². The Hall–Kier alpha value is -2.10. The van der Waals surface area contributed by atoms with E-state index in [2.05, 4.69) is 5.32 Å². The molecule has 1 fully saturated rings. The highest BCUT2D eigenvalue weighted by molar-refractivity contribution is 7.91. The molecule has 2 aromatic rings. The van der Waals surface area contributed by atoms with E-state index in [1.807, 2.05) is 19.1 Å². The predicted octanol–water partition coefficient (Wildman–Crippen LogP) is 3.04. The molecule has 9 heteroatoms. The molecule has 1 saturated heterocycles. The van der Waals surface area contributed by atoms with Crippen molar-refractivity contribution in [3.63, 3.8) is 0 Å². The number of benzene rings is 1. The minimum Gasteiger partial charge on any atom is -0.493 e. The SMILES string of the molecule is COc1ccc([C@@H](C)NC(=O)[C@H]2CCCN(S(=O)(=O)c3cccs3)C2)cc1OC. The molecule has 2 atom stereocenters. The highest BCUT2D eigenvalue weighted by Gasteiger charge is 2.34. The Labute approximate surface area is 175 Å². The van der Waals surface area contributed by atoms with Gasteiger partial charge in [-0.1, -0.05) is 12.1 Å². The summed E-state index contributed by atoms with van der Waals surface area (Å²) in [5, 5.41) is 4.75. The van der Waals surface area contributed by atoms with Crippen molar-refractivity contribution in [3.05, 3.63) is 41.3 Å². The molecule has 1 aliphatic rings. The zero-order valence-corrected chi connectivity index (χ0v) is 18.4. The van der Waals surface area contributed by atoms with Gasteiger partial charge in [0.2, 0.25) is 5.91 Å². The van der Waals surface area contributed by atoms with Crippen LogP contribution in [0.4, 0.5) is 0 Å². The van der Waals surface area contributed by atoms with E-state index in [1.54, 1.807) is 37.8 Å². The Bertz CT molecular complexity index is 944. The second-order valence-electron chi connectivity index (χ2n) is 6.98. The molecule has 0 spiro atoms. The van der Waals surface area contributed by atoms with Gasteiger partial charge in [0.1, 0.15) is 4.21 Å². The average Bonchev–Trinajstić information content (AvgIpc) is 3.29. The van der Waals surface area contributed by atoms with Gasteiger partial charge in [-0.05, 0) is 48.9 Å². The van der Waals surface area contributed by atoms with E-state index in [0.717, 1.165) is 5.56 Å². The summed E-state index contributed by atoms with van der Waals surface area (Å²) < 4.78 is 37.9. The van der Waals surface area contributed by atoms with Crippen molar-refractivity contribution >= 4 is 27.3 Å². The van der Waals surface area contributed by atoms with Crippen LogP contribution in [0.1, 0.15) is 31.4 Å². The normalized spacial score (nSPS) is 18.8. The Morgan fingerprint density at radius 2 is 2.00 bits per heavy atom. The van der Waals surface area contributed by atoms with Gasteiger partial charge in [-0.25, -0.2) is 8.42 Å². The third-order valence-corrected chi connectivity index (χ3v) is 8.35. The number of ether oxygens (including phenoxy) is 2. The fraction of sp³-hybridized carbons (Fsp3) is 0.450. The Morgan fingerprint density at radius 1 is 1.24 bits per heavy atom. The van der Waals surface area contributed by atoms with Gasteiger partial charge in [0, 0.05) is 13.1 Å². The summed E-state index contributed by atoms with van der Waals surface area (Å²) in [5.41, 5.74) is 0.884. The molecule has 0 saturated carbocycles. The first kappa shape index (κ1) is 21.6. The number of thiophene rings is 1. The van der Waals surface area contributed by atoms with Crippen LogP contribution < -0.4 is 14.8 Å². The maximum atomic E-state index is 12.8. The van der Waals surface area contributed by atoms with Gasteiger partial charge in [-0.2, -0.15) is 4.31 Å². The van der Waals surface area contributed by atoms with E-state index in [-0.39, 0.29) is 24.4 Å². The van der Waals surface area contributed by atoms with Gasteiger partial charge in [0.15, 0.2) is 11.5 Å². The zero-order valence-electron chi connectivity index (χ0n) is 16.8. The quantitative estimate of drug-likeness (QED) is 0.718. The van der Waals surface area contributed by atoms with Crippen molar-refractivity contribution in [1.29, 1.82) is 0 Å². The first-order valence-corrected chi connectivity index (χ1v) is 11.7. The molecule has 1 N–H and O–H groups in total. The van der Waals surface area contributed by atoms with Crippen LogP contribution in [0, 0.1) is 5.92 Å². The topological polar surface area (TPSA) is 84.9 Å². The molecule has 1 aromatic carbocycles. The Morgan fingerprint density at radius 3 is 2.66 bits per heavy atom. The fourth-order valence-corrected chi connectivity index (χ4v) is 6.12. The summed E-state index contributed by atoms with van der Waals surface area (Å²) in [6.45, 7) is 2.53. The molecule has 1 aromatic heterocycles. The lowest BCUT2D eigenvalue weighted by Crippen LogP contribution is -2.45. The smallest absolute Gasteiger partial charge is 0.252 e. The number of sulfonamides is 1. The minimum atomic E-state index is -3.54. The van der Waals surface area contributed by atoms with Gasteiger partial charge < -0.3 is 14.8 Å². The van der Waals surface area contributed by atoms with Crippen molar-refractivity contribution in [1.82, 2.24) is 9.62 Å². The number of hydrogen-bond acceptors (Lipinski definition) is 6. The summed E-state index contributed by atoms with van der Waals surface area (Å²) in [7, 11) is -0.405. The second kappa shape index (κ2) is 9.15. The molecule has 0 unspecified atom stereocenters. The molecular weight excluding hydrogens is 412 g/mol. The first-order chi connectivity index (χ1) is 13.9. The third kappa shape index (κ3) is 4.73. The monoisotopic (exact) mass is 438 g/mol. The van der Waals surface area contributed by atoms with Crippen LogP contribution in [0.2, 0.25) is 0 Å². The van der Waals surface area contributed by atoms with Crippen LogP contribution in [-0.2, 0) is 14.8 Å². The van der Waals surface area contributed by atoms with Gasteiger partial charge in [-0.3, -0.25) is 4.79 Å². The van der Waals surface area contributed by atoms with Crippen LogP contribution in [0.15, 0.2) is 39.9 Å². The second-order valence-corrected chi connectivity index (χ2v) is 10.1. The zero-order chi connectivity index (χ0) is 21.0. The van der Waals surface area contributed by atoms with Crippen molar-refractivity contribution in [3.8, 4) is 11.5 Å². The summed E-state index contributed by atoms with van der Waals surface area (Å²) >= 11 is 1.20. The number of nitrogens with one attached hydrogen (secondary N) is 1. The van der Waals surface area contributed by atoms with E-state index in [1.165, 1.54) is 15.6 Å². The Balaban J connectivity index is 1.67. The van der Waals surface area contributed by atoms with E-state index < -0.39 is 10.0 Å². The van der Waals surface area contributed by atoms with E-state index in [9.17, 15) is 13.2 Å². The number of carbonyl (C=O) groups excluding carboxylic acids is 1. The van der Waals surface area contributed by atoms with E-state index in [4.69, 9.17) is 9.47 Å². The van der Waals surface area contributed by atoms with Gasteiger partial charge >= 0.3 is 0 Å². The van der Waals surface area contributed by atoms with Crippen LogP contribution in [-0.4, -0.2) is 45.9 Å². The number of hydrogen-bond donors (Lipinski definition) is 1. The molecule has 0 aliphatic carbocycles. The largest absolute Gasteiger partial charge is 0.493 e. The molecular formula is C20H26N2O5S2. The minimum absolute atomic E-state index is 0.140. The molecule has 3 rings (SSSR count). The van der Waals surface area contributed by atoms with Crippen LogP contribution in [0.3, 0.4) is 0 Å². The molecule has 158 valence electrons. The Kier molecular flexibility index (Phi) is 6.81. The van der Waals surface area contributed by atoms with Crippen molar-refractivity contribution in [2.75, 3.05) is 27.3 Å². The lowest BCUT2D eigenvalue weighted by atomic mass is 9.98. The lowest BCUT2D eigenvalue weighted by Gasteiger charge is -2.31. The predicted molar refractivity (Wildman–Crippen MR) is 112 cm³/mol. The average molecular weight is 439 g/mol. The van der Waals surface area contributed by atoms with E-state index in [0.29, 0.717) is 35.1 Å². The van der Waals surface area contributed by atoms with E-state index >= 15 is 0 Å². The maximum Gasteiger partial charge on any atom is 0.252 e. The van der Waals surface area contributed by atoms with Gasteiger partial charge in [-0.15, -0.1) is 11.3 Å². The number of piperidine rings is 1. The first-order valence-electron chi connectivity index (χ1n) is 9.42. The van der Waals surface area contributed by atoms with Crippen LogP contribution >= 0.6 is 11.3 Å². The highest BCUT2D eigenvalue weighted by Crippen LogP contribution is 2.31. The number of amides is 1. The van der Waals surface area contributed by atoms with Gasteiger partial charge in [0.05, 0.1) is 26.2 Å². The number of carbonyl (C=O) groups is 1. The maximum absolute atomic E-state index is 12.8.